The number of benzene rings is 2. The molecule has 6 rings (SSSR count). The molecule has 2 bridgehead atoms. The monoisotopic (exact) mass is 389 g/mol. The highest BCUT2D eigenvalue weighted by molar-refractivity contribution is 6.16. The van der Waals surface area contributed by atoms with Crippen molar-refractivity contribution < 1.29 is 23.7 Å². The number of fused-ring (bicyclic) bond motifs is 4. The molecule has 2 unspecified atom stereocenters. The second-order valence-corrected chi connectivity index (χ2v) is 7.60. The Labute approximate surface area is 167 Å². The van der Waals surface area contributed by atoms with Crippen molar-refractivity contribution >= 4 is 17.9 Å². The first-order valence-corrected chi connectivity index (χ1v) is 9.78. The van der Waals surface area contributed by atoms with Crippen LogP contribution in [-0.2, 0) is 4.79 Å². The lowest BCUT2D eigenvalue weighted by molar-refractivity contribution is -0.113. The van der Waals surface area contributed by atoms with E-state index in [-0.39, 0.29) is 31.5 Å². The summed E-state index contributed by atoms with van der Waals surface area (Å²) in [6.07, 6.45) is 5.84. The molecule has 146 valence electrons. The fourth-order valence-electron chi connectivity index (χ4n) is 4.41. The summed E-state index contributed by atoms with van der Waals surface area (Å²) in [5.41, 5.74) is 3.47. The third kappa shape index (κ3) is 2.79. The Balaban J connectivity index is 1.36. The van der Waals surface area contributed by atoms with Crippen LogP contribution >= 0.6 is 0 Å². The molecule has 0 radical (unpaired) electrons. The average molecular weight is 389 g/mol. The maximum Gasteiger partial charge on any atom is 0.231 e. The highest BCUT2D eigenvalue weighted by atomic mass is 16.7. The quantitative estimate of drug-likeness (QED) is 0.795. The van der Waals surface area contributed by atoms with E-state index < -0.39 is 0 Å². The number of ether oxygens (including phenoxy) is 4. The lowest BCUT2D eigenvalue weighted by Crippen LogP contribution is -2.42. The zero-order valence-electron chi connectivity index (χ0n) is 15.6. The molecule has 0 saturated carbocycles. The van der Waals surface area contributed by atoms with Crippen molar-refractivity contribution in [2.45, 2.75) is 24.9 Å². The molecule has 2 fully saturated rings. The van der Waals surface area contributed by atoms with Crippen molar-refractivity contribution in [2.24, 2.45) is 0 Å². The molecule has 0 aromatic heterocycles. The summed E-state index contributed by atoms with van der Waals surface area (Å²) >= 11 is 0. The van der Waals surface area contributed by atoms with Gasteiger partial charge in [0.2, 0.25) is 13.6 Å². The summed E-state index contributed by atoms with van der Waals surface area (Å²) in [7, 11) is 0. The number of Topliss-reactive ketones (excluding diaryl/α,β-unsaturated/α-hetero) is 1. The van der Waals surface area contributed by atoms with Crippen LogP contribution in [0.3, 0.4) is 0 Å². The number of hydrogen-bond donors (Lipinski definition) is 1. The average Bonchev–Trinajstić information content (AvgIpc) is 3.47. The third-order valence-electron chi connectivity index (χ3n) is 5.86. The van der Waals surface area contributed by atoms with Crippen LogP contribution in [0.5, 0.6) is 23.0 Å². The zero-order valence-corrected chi connectivity index (χ0v) is 15.6. The number of carbonyl (C=O) groups excluding carboxylic acids is 1. The molecule has 2 saturated heterocycles. The van der Waals surface area contributed by atoms with Crippen LogP contribution in [0, 0.1) is 0 Å². The Kier molecular flexibility index (Phi) is 3.67. The van der Waals surface area contributed by atoms with Gasteiger partial charge in [-0.3, -0.25) is 4.79 Å². The molecule has 29 heavy (non-hydrogen) atoms. The minimum absolute atomic E-state index is 0.0897. The summed E-state index contributed by atoms with van der Waals surface area (Å²) in [5.74, 6) is 3.02. The Morgan fingerprint density at radius 3 is 1.72 bits per heavy atom. The SMILES string of the molecule is O=C1/C(=C\c2ccc3c(c2)OCO3)C2CCC(N2)/C1=C/c1ccc2c(c1)OCO2. The number of piperidine rings is 1. The molecular weight excluding hydrogens is 370 g/mol. The number of hydrogen-bond acceptors (Lipinski definition) is 6. The third-order valence-corrected chi connectivity index (χ3v) is 5.86. The van der Waals surface area contributed by atoms with Crippen LogP contribution < -0.4 is 24.3 Å². The van der Waals surface area contributed by atoms with Crippen LogP contribution in [0.15, 0.2) is 47.5 Å². The molecule has 4 aliphatic heterocycles. The van der Waals surface area contributed by atoms with E-state index in [1.807, 2.05) is 48.6 Å². The molecule has 0 spiro atoms. The molecule has 1 N–H and O–H groups in total. The normalized spacial score (nSPS) is 26.6. The number of carbonyl (C=O) groups is 1. The van der Waals surface area contributed by atoms with E-state index >= 15 is 0 Å². The molecule has 0 amide bonds. The first-order chi connectivity index (χ1) is 14.2. The standard InChI is InChI=1S/C23H19NO5/c25-23-15(7-13-1-5-19-21(9-13)28-11-26-19)17-3-4-18(24-17)16(23)8-14-2-6-20-22(10-14)29-12-27-20/h1-2,5-10,17-18,24H,3-4,11-12H2/b15-7-,16-8-. The van der Waals surface area contributed by atoms with Gasteiger partial charge in [0.1, 0.15) is 0 Å². The van der Waals surface area contributed by atoms with Gasteiger partial charge in [-0.15, -0.1) is 0 Å². The maximum absolute atomic E-state index is 13.4. The summed E-state index contributed by atoms with van der Waals surface area (Å²) in [5, 5.41) is 3.60. The largest absolute Gasteiger partial charge is 0.454 e. The van der Waals surface area contributed by atoms with Gasteiger partial charge in [0.25, 0.3) is 0 Å². The van der Waals surface area contributed by atoms with Gasteiger partial charge in [-0.1, -0.05) is 12.1 Å². The second-order valence-electron chi connectivity index (χ2n) is 7.60. The van der Waals surface area contributed by atoms with E-state index in [9.17, 15) is 4.79 Å². The molecule has 2 aromatic rings. The molecule has 4 aliphatic rings. The highest BCUT2D eigenvalue weighted by Gasteiger charge is 2.40. The minimum Gasteiger partial charge on any atom is -0.454 e. The van der Waals surface area contributed by atoms with Crippen molar-refractivity contribution in [1.82, 2.24) is 5.32 Å². The van der Waals surface area contributed by atoms with Gasteiger partial charge in [0.15, 0.2) is 28.8 Å². The van der Waals surface area contributed by atoms with Crippen LogP contribution in [0.1, 0.15) is 24.0 Å². The van der Waals surface area contributed by atoms with Crippen LogP contribution in [-0.4, -0.2) is 31.5 Å². The first-order valence-electron chi connectivity index (χ1n) is 9.78. The van der Waals surface area contributed by atoms with Gasteiger partial charge < -0.3 is 24.3 Å². The highest BCUT2D eigenvalue weighted by Crippen LogP contribution is 2.38. The van der Waals surface area contributed by atoms with Gasteiger partial charge in [-0.2, -0.15) is 0 Å². The van der Waals surface area contributed by atoms with Crippen LogP contribution in [0.4, 0.5) is 0 Å². The van der Waals surface area contributed by atoms with Crippen molar-refractivity contribution in [3.05, 3.63) is 58.7 Å². The van der Waals surface area contributed by atoms with E-state index in [0.29, 0.717) is 0 Å². The van der Waals surface area contributed by atoms with Gasteiger partial charge >= 0.3 is 0 Å². The van der Waals surface area contributed by atoms with Gasteiger partial charge in [0.05, 0.1) is 0 Å². The van der Waals surface area contributed by atoms with E-state index in [0.717, 1.165) is 58.1 Å². The summed E-state index contributed by atoms with van der Waals surface area (Å²) in [6, 6.07) is 11.7. The summed E-state index contributed by atoms with van der Waals surface area (Å²) in [6.45, 7) is 0.477. The minimum atomic E-state index is 0.0897. The van der Waals surface area contributed by atoms with Crippen molar-refractivity contribution in [2.75, 3.05) is 13.6 Å². The summed E-state index contributed by atoms with van der Waals surface area (Å²) < 4.78 is 21.7. The molecule has 6 heteroatoms. The zero-order chi connectivity index (χ0) is 19.4. The molecular formula is C23H19NO5. The Morgan fingerprint density at radius 2 is 1.21 bits per heavy atom. The fraction of sp³-hybridized carbons (Fsp3) is 0.261. The molecule has 2 atom stereocenters. The van der Waals surface area contributed by atoms with Crippen LogP contribution in [0.2, 0.25) is 0 Å². The predicted octanol–water partition coefficient (Wildman–Crippen LogP) is 3.31. The number of nitrogens with one attached hydrogen (secondary N) is 1. The van der Waals surface area contributed by atoms with E-state index in [4.69, 9.17) is 18.9 Å². The van der Waals surface area contributed by atoms with Crippen molar-refractivity contribution in [3.8, 4) is 23.0 Å². The maximum atomic E-state index is 13.4. The molecule has 4 heterocycles. The van der Waals surface area contributed by atoms with E-state index in [2.05, 4.69) is 5.32 Å². The number of rotatable bonds is 2. The number of ketones is 1. The summed E-state index contributed by atoms with van der Waals surface area (Å²) in [4.78, 5) is 13.4. The molecule has 0 aliphatic carbocycles. The van der Waals surface area contributed by atoms with E-state index in [1.54, 1.807) is 0 Å². The smallest absolute Gasteiger partial charge is 0.231 e. The van der Waals surface area contributed by atoms with Crippen molar-refractivity contribution in [3.63, 3.8) is 0 Å². The van der Waals surface area contributed by atoms with Crippen molar-refractivity contribution in [1.29, 1.82) is 0 Å². The first kappa shape index (κ1) is 16.7. The predicted molar refractivity (Wildman–Crippen MR) is 106 cm³/mol. The van der Waals surface area contributed by atoms with Gasteiger partial charge in [0, 0.05) is 23.2 Å². The lowest BCUT2D eigenvalue weighted by atomic mass is 9.90. The van der Waals surface area contributed by atoms with Gasteiger partial charge in [-0.25, -0.2) is 0 Å². The van der Waals surface area contributed by atoms with Gasteiger partial charge in [-0.05, 0) is 60.4 Å². The molecule has 6 nitrogen and oxygen atoms in total. The Morgan fingerprint density at radius 1 is 0.724 bits per heavy atom. The topological polar surface area (TPSA) is 66.0 Å². The lowest BCUT2D eigenvalue weighted by Gasteiger charge is -2.26. The van der Waals surface area contributed by atoms with E-state index in [1.165, 1.54) is 0 Å². The fourth-order valence-corrected chi connectivity index (χ4v) is 4.41. The Hall–Kier alpha value is -3.25. The Bertz CT molecular complexity index is 1000. The second kappa shape index (κ2) is 6.39. The molecule has 2 aromatic carbocycles. The van der Waals surface area contributed by atoms with Crippen LogP contribution in [0.25, 0.3) is 12.2 Å².